The Morgan fingerprint density at radius 2 is 2.00 bits per heavy atom. The van der Waals surface area contributed by atoms with E-state index in [0.717, 1.165) is 38.9 Å². The average Bonchev–Trinajstić information content (AvgIpc) is 2.31. The third kappa shape index (κ3) is 5.87. The van der Waals surface area contributed by atoms with Crippen LogP contribution >= 0.6 is 11.6 Å². The summed E-state index contributed by atoms with van der Waals surface area (Å²) in [6, 6.07) is 0.102. The summed E-state index contributed by atoms with van der Waals surface area (Å²) in [6.07, 6.45) is 2.98. The van der Waals surface area contributed by atoms with Gasteiger partial charge in [0.15, 0.2) is 0 Å². The van der Waals surface area contributed by atoms with Gasteiger partial charge in [-0.15, -0.1) is 11.6 Å². The number of piperidine rings is 1. The Hall–Kier alpha value is 0.160. The SMILES string of the molecule is CCCN1CCC(NS(=O)(=O)CC(C)CCl)CC1. The van der Waals surface area contributed by atoms with E-state index in [1.807, 2.05) is 6.92 Å². The highest BCUT2D eigenvalue weighted by molar-refractivity contribution is 7.89. The van der Waals surface area contributed by atoms with Crippen molar-refractivity contribution in [1.82, 2.24) is 9.62 Å². The molecule has 0 aliphatic carbocycles. The first kappa shape index (κ1) is 16.2. The Morgan fingerprint density at radius 3 is 2.50 bits per heavy atom. The fraction of sp³-hybridized carbons (Fsp3) is 1.00. The molecule has 1 fully saturated rings. The summed E-state index contributed by atoms with van der Waals surface area (Å²) in [4.78, 5) is 2.40. The number of likely N-dealkylation sites (tertiary alicyclic amines) is 1. The Labute approximate surface area is 116 Å². The molecule has 1 heterocycles. The number of hydrogen-bond donors (Lipinski definition) is 1. The van der Waals surface area contributed by atoms with Gasteiger partial charge in [-0.05, 0) is 44.8 Å². The van der Waals surface area contributed by atoms with E-state index in [-0.39, 0.29) is 17.7 Å². The van der Waals surface area contributed by atoms with Crippen molar-refractivity contribution in [3.8, 4) is 0 Å². The summed E-state index contributed by atoms with van der Waals surface area (Å²) in [6.45, 7) is 7.12. The second-order valence-electron chi connectivity index (χ2n) is 5.27. The second kappa shape index (κ2) is 7.68. The average molecular weight is 297 g/mol. The van der Waals surface area contributed by atoms with E-state index in [2.05, 4.69) is 16.5 Å². The first-order valence-electron chi connectivity index (χ1n) is 6.75. The maximum atomic E-state index is 11.9. The van der Waals surface area contributed by atoms with Gasteiger partial charge in [0.1, 0.15) is 0 Å². The van der Waals surface area contributed by atoms with E-state index in [0.29, 0.717) is 5.88 Å². The van der Waals surface area contributed by atoms with Crippen molar-refractivity contribution in [1.29, 1.82) is 0 Å². The quantitative estimate of drug-likeness (QED) is 0.727. The summed E-state index contributed by atoms with van der Waals surface area (Å²) in [7, 11) is -3.18. The monoisotopic (exact) mass is 296 g/mol. The van der Waals surface area contributed by atoms with Gasteiger partial charge in [0.2, 0.25) is 10.0 Å². The molecule has 0 spiro atoms. The Morgan fingerprint density at radius 1 is 1.39 bits per heavy atom. The minimum atomic E-state index is -3.18. The minimum Gasteiger partial charge on any atom is -0.303 e. The molecule has 1 atom stereocenters. The molecule has 0 aromatic carbocycles. The molecule has 0 bridgehead atoms. The van der Waals surface area contributed by atoms with Crippen LogP contribution in [-0.2, 0) is 10.0 Å². The van der Waals surface area contributed by atoms with Gasteiger partial charge in [-0.1, -0.05) is 13.8 Å². The number of rotatable bonds is 7. The first-order chi connectivity index (χ1) is 8.46. The number of nitrogens with zero attached hydrogens (tertiary/aromatic N) is 1. The van der Waals surface area contributed by atoms with Crippen LogP contribution in [0, 0.1) is 5.92 Å². The molecular weight excluding hydrogens is 272 g/mol. The van der Waals surface area contributed by atoms with Gasteiger partial charge >= 0.3 is 0 Å². The molecule has 0 aromatic heterocycles. The van der Waals surface area contributed by atoms with Gasteiger partial charge in [-0.2, -0.15) is 0 Å². The zero-order valence-electron chi connectivity index (χ0n) is 11.4. The van der Waals surface area contributed by atoms with E-state index < -0.39 is 10.0 Å². The maximum Gasteiger partial charge on any atom is 0.212 e. The predicted molar refractivity (Wildman–Crippen MR) is 76.6 cm³/mol. The molecule has 1 aliphatic rings. The molecule has 1 rings (SSSR count). The van der Waals surface area contributed by atoms with Crippen molar-refractivity contribution in [2.75, 3.05) is 31.3 Å². The van der Waals surface area contributed by atoms with Crippen LogP contribution in [0.2, 0.25) is 0 Å². The van der Waals surface area contributed by atoms with Crippen LogP contribution < -0.4 is 4.72 Å². The third-order valence-corrected chi connectivity index (χ3v) is 5.47. The van der Waals surface area contributed by atoms with Crippen molar-refractivity contribution >= 4 is 21.6 Å². The highest BCUT2D eigenvalue weighted by Crippen LogP contribution is 2.12. The molecule has 0 aromatic rings. The molecular formula is C12H25ClN2O2S. The van der Waals surface area contributed by atoms with E-state index in [9.17, 15) is 8.42 Å². The Kier molecular flexibility index (Phi) is 6.92. The van der Waals surface area contributed by atoms with Gasteiger partial charge in [-0.25, -0.2) is 13.1 Å². The molecule has 1 saturated heterocycles. The number of alkyl halides is 1. The molecule has 0 amide bonds. The van der Waals surface area contributed by atoms with E-state index in [4.69, 9.17) is 11.6 Å². The predicted octanol–water partition coefficient (Wildman–Crippen LogP) is 1.66. The minimum absolute atomic E-state index is 0.00403. The lowest BCUT2D eigenvalue weighted by molar-refractivity contribution is 0.208. The van der Waals surface area contributed by atoms with E-state index >= 15 is 0 Å². The van der Waals surface area contributed by atoms with Crippen molar-refractivity contribution in [2.24, 2.45) is 5.92 Å². The zero-order chi connectivity index (χ0) is 13.6. The molecule has 1 unspecified atom stereocenters. The molecule has 18 heavy (non-hydrogen) atoms. The second-order valence-corrected chi connectivity index (χ2v) is 7.38. The number of hydrogen-bond acceptors (Lipinski definition) is 3. The molecule has 1 N–H and O–H groups in total. The van der Waals surface area contributed by atoms with Gasteiger partial charge < -0.3 is 4.90 Å². The largest absolute Gasteiger partial charge is 0.303 e. The topological polar surface area (TPSA) is 49.4 Å². The van der Waals surface area contributed by atoms with Crippen LogP contribution in [0.4, 0.5) is 0 Å². The normalized spacial score (nSPS) is 21.1. The van der Waals surface area contributed by atoms with Crippen molar-refractivity contribution in [3.63, 3.8) is 0 Å². The number of nitrogens with one attached hydrogen (secondary N) is 1. The number of halogens is 1. The molecule has 1 aliphatic heterocycles. The van der Waals surface area contributed by atoms with Crippen LogP contribution in [0.5, 0.6) is 0 Å². The van der Waals surface area contributed by atoms with Crippen molar-refractivity contribution in [3.05, 3.63) is 0 Å². The third-order valence-electron chi connectivity index (χ3n) is 3.24. The maximum absolute atomic E-state index is 11.9. The molecule has 4 nitrogen and oxygen atoms in total. The molecule has 108 valence electrons. The highest BCUT2D eigenvalue weighted by atomic mass is 35.5. The Balaban J connectivity index is 2.36. The van der Waals surface area contributed by atoms with Crippen LogP contribution in [0.3, 0.4) is 0 Å². The lowest BCUT2D eigenvalue weighted by atomic mass is 10.1. The lowest BCUT2D eigenvalue weighted by Crippen LogP contribution is -2.45. The van der Waals surface area contributed by atoms with Gasteiger partial charge in [0.05, 0.1) is 5.75 Å². The van der Waals surface area contributed by atoms with Gasteiger partial charge in [-0.3, -0.25) is 0 Å². The highest BCUT2D eigenvalue weighted by Gasteiger charge is 2.24. The Bertz CT molecular complexity index is 327. The smallest absolute Gasteiger partial charge is 0.212 e. The fourth-order valence-corrected chi connectivity index (χ4v) is 4.26. The van der Waals surface area contributed by atoms with E-state index in [1.165, 1.54) is 0 Å². The zero-order valence-corrected chi connectivity index (χ0v) is 12.9. The molecule has 6 heteroatoms. The van der Waals surface area contributed by atoms with Crippen molar-refractivity contribution in [2.45, 2.75) is 39.2 Å². The van der Waals surface area contributed by atoms with E-state index in [1.54, 1.807) is 0 Å². The summed E-state index contributed by atoms with van der Waals surface area (Å²) in [5.41, 5.74) is 0. The van der Waals surface area contributed by atoms with Crippen LogP contribution in [0.15, 0.2) is 0 Å². The van der Waals surface area contributed by atoms with Crippen molar-refractivity contribution < 1.29 is 8.42 Å². The summed E-state index contributed by atoms with van der Waals surface area (Å²) in [5.74, 6) is 0.519. The van der Waals surface area contributed by atoms with Crippen LogP contribution in [-0.4, -0.2) is 50.6 Å². The summed E-state index contributed by atoms with van der Waals surface area (Å²) < 4.78 is 26.6. The van der Waals surface area contributed by atoms with Gasteiger partial charge in [0, 0.05) is 11.9 Å². The van der Waals surface area contributed by atoms with Crippen LogP contribution in [0.25, 0.3) is 0 Å². The number of sulfonamides is 1. The standard InChI is InChI=1S/C12H25ClN2O2S/c1-3-6-15-7-4-12(5-8-15)14-18(16,17)10-11(2)9-13/h11-12,14H,3-10H2,1-2H3. The van der Waals surface area contributed by atoms with Crippen LogP contribution in [0.1, 0.15) is 33.1 Å². The lowest BCUT2D eigenvalue weighted by Gasteiger charge is -2.32. The molecule has 0 saturated carbocycles. The first-order valence-corrected chi connectivity index (χ1v) is 8.93. The van der Waals surface area contributed by atoms with Gasteiger partial charge in [0.25, 0.3) is 0 Å². The fourth-order valence-electron chi connectivity index (χ4n) is 2.31. The summed E-state index contributed by atoms with van der Waals surface area (Å²) in [5, 5.41) is 0. The molecule has 0 radical (unpaired) electrons. The summed E-state index contributed by atoms with van der Waals surface area (Å²) >= 11 is 5.66.